The third-order valence-electron chi connectivity index (χ3n) is 2.44. The van der Waals surface area contributed by atoms with Crippen LogP contribution in [0.3, 0.4) is 0 Å². The van der Waals surface area contributed by atoms with E-state index in [1.54, 1.807) is 13.8 Å². The highest BCUT2D eigenvalue weighted by Gasteiger charge is 2.36. The molecule has 2 atom stereocenters. The molecule has 7 heteroatoms. The number of hydrogen-bond donors (Lipinski definition) is 3. The number of aliphatic carboxylic acids is 1. The lowest BCUT2D eigenvalue weighted by Crippen LogP contribution is -2.58. The zero-order valence-electron chi connectivity index (χ0n) is 10.9. The minimum absolute atomic E-state index is 0.102. The van der Waals surface area contributed by atoms with Crippen LogP contribution in [-0.2, 0) is 19.1 Å². The zero-order chi connectivity index (χ0) is 14.3. The second-order valence-corrected chi connectivity index (χ2v) is 4.11. The van der Waals surface area contributed by atoms with Gasteiger partial charge in [-0.3, -0.25) is 4.79 Å². The summed E-state index contributed by atoms with van der Waals surface area (Å²) >= 11 is 0. The first kappa shape index (κ1) is 16.4. The van der Waals surface area contributed by atoms with E-state index in [2.05, 4.69) is 10.1 Å². The fourth-order valence-electron chi connectivity index (χ4n) is 1.41. The summed E-state index contributed by atoms with van der Waals surface area (Å²) in [5.74, 6) is -2.90. The number of hydrogen-bond acceptors (Lipinski definition) is 5. The number of amides is 1. The summed E-state index contributed by atoms with van der Waals surface area (Å²) in [4.78, 5) is 34.0. The summed E-state index contributed by atoms with van der Waals surface area (Å²) in [6.45, 7) is 4.85. The highest BCUT2D eigenvalue weighted by molar-refractivity contribution is 6.03. The molecule has 0 aromatic carbocycles. The normalized spacial score (nSPS) is 15.3. The van der Waals surface area contributed by atoms with Gasteiger partial charge in [-0.05, 0) is 20.3 Å². The number of carbonyl (C=O) groups excluding carboxylic acids is 2. The van der Waals surface area contributed by atoms with E-state index in [1.165, 1.54) is 6.92 Å². The number of rotatable bonds is 7. The monoisotopic (exact) mass is 260 g/mol. The Morgan fingerprint density at radius 2 is 1.94 bits per heavy atom. The van der Waals surface area contributed by atoms with Gasteiger partial charge in [-0.2, -0.15) is 0 Å². The highest BCUT2D eigenvalue weighted by atomic mass is 16.5. The van der Waals surface area contributed by atoms with Crippen molar-refractivity contribution in [2.24, 2.45) is 5.73 Å². The molecule has 0 fully saturated rings. The molecule has 0 aromatic heterocycles. The van der Waals surface area contributed by atoms with Crippen molar-refractivity contribution >= 4 is 17.8 Å². The van der Waals surface area contributed by atoms with Gasteiger partial charge in [0.05, 0.1) is 6.61 Å². The van der Waals surface area contributed by atoms with Crippen molar-refractivity contribution in [3.8, 4) is 0 Å². The summed E-state index contributed by atoms with van der Waals surface area (Å²) < 4.78 is 4.59. The SMILES string of the molecule is CCCC(C)(NC(=O)C(N)C(=O)OCC)C(=O)O. The van der Waals surface area contributed by atoms with E-state index < -0.39 is 29.4 Å². The van der Waals surface area contributed by atoms with Crippen LogP contribution in [0.2, 0.25) is 0 Å². The Hall–Kier alpha value is -1.63. The quantitative estimate of drug-likeness (QED) is 0.424. The molecule has 4 N–H and O–H groups in total. The van der Waals surface area contributed by atoms with E-state index in [-0.39, 0.29) is 13.0 Å². The van der Waals surface area contributed by atoms with Gasteiger partial charge in [0.2, 0.25) is 5.91 Å². The van der Waals surface area contributed by atoms with Crippen LogP contribution in [0.25, 0.3) is 0 Å². The Kier molecular flexibility index (Phi) is 6.32. The molecule has 18 heavy (non-hydrogen) atoms. The molecular weight excluding hydrogens is 240 g/mol. The van der Waals surface area contributed by atoms with Crippen LogP contribution in [0.1, 0.15) is 33.6 Å². The maximum atomic E-state index is 11.7. The highest BCUT2D eigenvalue weighted by Crippen LogP contribution is 2.12. The zero-order valence-corrected chi connectivity index (χ0v) is 10.9. The molecule has 0 spiro atoms. The molecule has 0 rings (SSSR count). The number of carbonyl (C=O) groups is 3. The number of nitrogens with two attached hydrogens (primary N) is 1. The Morgan fingerprint density at radius 1 is 1.39 bits per heavy atom. The topological polar surface area (TPSA) is 119 Å². The Bertz CT molecular complexity index is 331. The lowest BCUT2D eigenvalue weighted by Gasteiger charge is -2.26. The van der Waals surface area contributed by atoms with Crippen molar-refractivity contribution in [2.45, 2.75) is 45.2 Å². The predicted octanol–water partition coefficient (Wildman–Crippen LogP) is -0.364. The second-order valence-electron chi connectivity index (χ2n) is 4.11. The average Bonchev–Trinajstić information content (AvgIpc) is 2.28. The number of carboxylic acid groups (broad SMARTS) is 1. The molecule has 104 valence electrons. The largest absolute Gasteiger partial charge is 0.480 e. The van der Waals surface area contributed by atoms with E-state index in [1.807, 2.05) is 0 Å². The maximum absolute atomic E-state index is 11.7. The van der Waals surface area contributed by atoms with Gasteiger partial charge in [-0.25, -0.2) is 9.59 Å². The summed E-state index contributed by atoms with van der Waals surface area (Å²) in [5.41, 5.74) is 3.94. The third kappa shape index (κ3) is 4.33. The van der Waals surface area contributed by atoms with Crippen molar-refractivity contribution in [3.05, 3.63) is 0 Å². The number of esters is 1. The van der Waals surface area contributed by atoms with E-state index in [0.717, 1.165) is 0 Å². The van der Waals surface area contributed by atoms with Gasteiger partial charge in [-0.1, -0.05) is 13.3 Å². The lowest BCUT2D eigenvalue weighted by molar-refractivity contribution is -0.152. The molecule has 0 aliphatic carbocycles. The van der Waals surface area contributed by atoms with Gasteiger partial charge in [-0.15, -0.1) is 0 Å². The van der Waals surface area contributed by atoms with Crippen LogP contribution in [0, 0.1) is 0 Å². The third-order valence-corrected chi connectivity index (χ3v) is 2.44. The first-order valence-electron chi connectivity index (χ1n) is 5.76. The van der Waals surface area contributed by atoms with Crippen molar-refractivity contribution in [3.63, 3.8) is 0 Å². The lowest BCUT2D eigenvalue weighted by atomic mass is 9.96. The Morgan fingerprint density at radius 3 is 2.33 bits per heavy atom. The molecule has 0 aliphatic heterocycles. The van der Waals surface area contributed by atoms with Crippen LogP contribution in [0.15, 0.2) is 0 Å². The van der Waals surface area contributed by atoms with Gasteiger partial charge >= 0.3 is 11.9 Å². The van der Waals surface area contributed by atoms with Crippen LogP contribution in [0.5, 0.6) is 0 Å². The average molecular weight is 260 g/mol. The van der Waals surface area contributed by atoms with Crippen LogP contribution < -0.4 is 11.1 Å². The van der Waals surface area contributed by atoms with Crippen molar-refractivity contribution in [2.75, 3.05) is 6.61 Å². The minimum atomic E-state index is -1.51. The maximum Gasteiger partial charge on any atom is 0.332 e. The molecule has 7 nitrogen and oxygen atoms in total. The van der Waals surface area contributed by atoms with Gasteiger partial charge < -0.3 is 20.9 Å². The second kappa shape index (κ2) is 6.95. The van der Waals surface area contributed by atoms with E-state index >= 15 is 0 Å². The number of carboxylic acids is 1. The van der Waals surface area contributed by atoms with Crippen LogP contribution in [0.4, 0.5) is 0 Å². The first-order valence-corrected chi connectivity index (χ1v) is 5.76. The summed E-state index contributed by atoms with van der Waals surface area (Å²) in [6.07, 6.45) is 0.807. The standard InChI is InChI=1S/C11H20N2O5/c1-4-6-11(3,10(16)17)13-8(14)7(12)9(15)18-5-2/h7H,4-6,12H2,1-3H3,(H,13,14)(H,16,17). The molecule has 2 unspecified atom stereocenters. The molecule has 1 amide bonds. The van der Waals surface area contributed by atoms with Crippen molar-refractivity contribution in [1.29, 1.82) is 0 Å². The summed E-state index contributed by atoms with van der Waals surface area (Å²) in [7, 11) is 0. The molecule has 0 radical (unpaired) electrons. The smallest absolute Gasteiger partial charge is 0.332 e. The summed E-state index contributed by atoms with van der Waals surface area (Å²) in [5, 5.41) is 11.3. The van der Waals surface area contributed by atoms with Crippen molar-refractivity contribution < 1.29 is 24.2 Å². The molecule has 0 bridgehead atoms. The molecule has 0 aromatic rings. The van der Waals surface area contributed by atoms with Gasteiger partial charge in [0.25, 0.3) is 0 Å². The number of nitrogens with one attached hydrogen (secondary N) is 1. The fourth-order valence-corrected chi connectivity index (χ4v) is 1.41. The summed E-state index contributed by atoms with van der Waals surface area (Å²) in [6, 6.07) is -1.51. The van der Waals surface area contributed by atoms with E-state index in [4.69, 9.17) is 10.8 Å². The van der Waals surface area contributed by atoms with Crippen LogP contribution in [-0.4, -0.2) is 41.1 Å². The molecular formula is C11H20N2O5. The van der Waals surface area contributed by atoms with Gasteiger partial charge in [0.1, 0.15) is 5.54 Å². The van der Waals surface area contributed by atoms with Crippen LogP contribution >= 0.6 is 0 Å². The van der Waals surface area contributed by atoms with E-state index in [0.29, 0.717) is 6.42 Å². The molecule has 0 saturated carbocycles. The number of ether oxygens (including phenoxy) is 1. The molecule has 0 aliphatic rings. The van der Waals surface area contributed by atoms with E-state index in [9.17, 15) is 14.4 Å². The molecule has 0 saturated heterocycles. The van der Waals surface area contributed by atoms with Gasteiger partial charge in [0, 0.05) is 0 Å². The minimum Gasteiger partial charge on any atom is -0.480 e. The fraction of sp³-hybridized carbons (Fsp3) is 0.727. The van der Waals surface area contributed by atoms with Crippen molar-refractivity contribution in [1.82, 2.24) is 5.32 Å². The first-order chi connectivity index (χ1) is 8.28. The predicted molar refractivity (Wildman–Crippen MR) is 63.7 cm³/mol. The Balaban J connectivity index is 4.70. The molecule has 0 heterocycles. The Labute approximate surface area is 106 Å². The van der Waals surface area contributed by atoms with Gasteiger partial charge in [0.15, 0.2) is 6.04 Å².